The van der Waals surface area contributed by atoms with E-state index < -0.39 is 11.7 Å². The Morgan fingerprint density at radius 2 is 1.81 bits per heavy atom. The number of hydrogen-bond acceptors (Lipinski definition) is 4. The Morgan fingerprint density at radius 1 is 1.04 bits per heavy atom. The zero-order chi connectivity index (χ0) is 18.7. The van der Waals surface area contributed by atoms with Gasteiger partial charge in [0.15, 0.2) is 0 Å². The summed E-state index contributed by atoms with van der Waals surface area (Å²) in [6.45, 7) is 3.66. The second-order valence-electron chi connectivity index (χ2n) is 5.74. The molecule has 0 aliphatic rings. The summed E-state index contributed by atoms with van der Waals surface area (Å²) in [7, 11) is 0. The van der Waals surface area contributed by atoms with E-state index in [1.165, 1.54) is 18.2 Å². The van der Waals surface area contributed by atoms with Crippen LogP contribution in [-0.4, -0.2) is 15.9 Å². The highest BCUT2D eigenvalue weighted by molar-refractivity contribution is 6.30. The third-order valence-corrected chi connectivity index (χ3v) is 3.89. The van der Waals surface area contributed by atoms with Gasteiger partial charge in [0.05, 0.1) is 5.69 Å². The van der Waals surface area contributed by atoms with E-state index in [2.05, 4.69) is 20.6 Å². The van der Waals surface area contributed by atoms with Gasteiger partial charge in [-0.15, -0.1) is 0 Å². The number of anilines is 3. The van der Waals surface area contributed by atoms with Crippen molar-refractivity contribution in [2.75, 3.05) is 10.6 Å². The number of aromatic nitrogens is 2. The van der Waals surface area contributed by atoms with E-state index in [0.717, 1.165) is 11.3 Å². The van der Waals surface area contributed by atoms with Crippen LogP contribution in [-0.2, 0) is 0 Å². The van der Waals surface area contributed by atoms with Crippen molar-refractivity contribution in [3.8, 4) is 0 Å². The summed E-state index contributed by atoms with van der Waals surface area (Å²) in [6, 6.07) is 12.9. The van der Waals surface area contributed by atoms with E-state index in [-0.39, 0.29) is 17.3 Å². The molecule has 0 aliphatic heterocycles. The number of para-hydroxylation sites is 1. The molecular formula is C19H16ClFN4O. The first-order chi connectivity index (χ1) is 12.4. The summed E-state index contributed by atoms with van der Waals surface area (Å²) in [6.07, 6.45) is 0. The molecule has 0 radical (unpaired) electrons. The fourth-order valence-corrected chi connectivity index (χ4v) is 2.51. The van der Waals surface area contributed by atoms with E-state index >= 15 is 0 Å². The molecule has 0 saturated carbocycles. The molecule has 0 spiro atoms. The zero-order valence-corrected chi connectivity index (χ0v) is 14.9. The minimum absolute atomic E-state index is 0.0916. The van der Waals surface area contributed by atoms with Gasteiger partial charge in [0, 0.05) is 16.4 Å². The molecule has 5 nitrogen and oxygen atoms in total. The molecule has 3 rings (SSSR count). The highest BCUT2D eigenvalue weighted by atomic mass is 35.5. The Morgan fingerprint density at radius 3 is 2.58 bits per heavy atom. The van der Waals surface area contributed by atoms with Gasteiger partial charge in [-0.3, -0.25) is 4.79 Å². The van der Waals surface area contributed by atoms with Crippen LogP contribution in [0.2, 0.25) is 5.02 Å². The lowest BCUT2D eigenvalue weighted by Crippen LogP contribution is -2.16. The number of rotatable bonds is 4. The predicted molar refractivity (Wildman–Crippen MR) is 101 cm³/mol. The normalized spacial score (nSPS) is 10.5. The Kier molecular flexibility index (Phi) is 5.14. The summed E-state index contributed by atoms with van der Waals surface area (Å²) >= 11 is 6.02. The van der Waals surface area contributed by atoms with Gasteiger partial charge in [-0.05, 0) is 49.7 Å². The minimum Gasteiger partial charge on any atom is -0.324 e. The van der Waals surface area contributed by atoms with Crippen molar-refractivity contribution in [3.63, 3.8) is 0 Å². The molecule has 26 heavy (non-hydrogen) atoms. The van der Waals surface area contributed by atoms with Gasteiger partial charge >= 0.3 is 0 Å². The number of carbonyl (C=O) groups excluding carboxylic acids is 1. The van der Waals surface area contributed by atoms with Crippen LogP contribution in [0.4, 0.5) is 21.7 Å². The van der Waals surface area contributed by atoms with Crippen molar-refractivity contribution in [2.45, 2.75) is 13.8 Å². The lowest BCUT2D eigenvalue weighted by molar-refractivity contribution is 0.102. The quantitative estimate of drug-likeness (QED) is 0.686. The Balaban J connectivity index is 1.86. The third-order valence-electron chi connectivity index (χ3n) is 3.66. The average molecular weight is 371 g/mol. The summed E-state index contributed by atoms with van der Waals surface area (Å²) < 4.78 is 13.7. The zero-order valence-electron chi connectivity index (χ0n) is 14.2. The summed E-state index contributed by atoms with van der Waals surface area (Å²) in [5, 5.41) is 6.15. The summed E-state index contributed by atoms with van der Waals surface area (Å²) in [5.41, 5.74) is 2.51. The van der Waals surface area contributed by atoms with Crippen LogP contribution in [0.5, 0.6) is 0 Å². The van der Waals surface area contributed by atoms with Crippen molar-refractivity contribution in [1.29, 1.82) is 0 Å². The largest absolute Gasteiger partial charge is 0.324 e. The summed E-state index contributed by atoms with van der Waals surface area (Å²) in [5.74, 6) is -0.778. The van der Waals surface area contributed by atoms with Crippen LogP contribution < -0.4 is 10.6 Å². The maximum atomic E-state index is 13.7. The lowest BCUT2D eigenvalue weighted by atomic mass is 10.2. The minimum atomic E-state index is -0.522. The van der Waals surface area contributed by atoms with E-state index in [1.807, 2.05) is 13.0 Å². The van der Waals surface area contributed by atoms with Crippen LogP contribution in [0.25, 0.3) is 0 Å². The molecule has 0 bridgehead atoms. The molecule has 1 aromatic heterocycles. The monoisotopic (exact) mass is 370 g/mol. The Hall–Kier alpha value is -2.99. The Labute approximate surface area is 155 Å². The SMILES string of the molecule is Cc1cc(C(=O)Nc2ccccc2F)nc(Nc2cc(Cl)ccc2C)n1. The fourth-order valence-electron chi connectivity index (χ4n) is 2.34. The van der Waals surface area contributed by atoms with Crippen LogP contribution in [0.1, 0.15) is 21.7 Å². The fraction of sp³-hybridized carbons (Fsp3) is 0.105. The van der Waals surface area contributed by atoms with Gasteiger partial charge in [-0.2, -0.15) is 0 Å². The third kappa shape index (κ3) is 4.15. The number of benzene rings is 2. The van der Waals surface area contributed by atoms with Gasteiger partial charge < -0.3 is 10.6 Å². The lowest BCUT2D eigenvalue weighted by Gasteiger charge is -2.11. The molecule has 1 heterocycles. The number of nitrogens with zero attached hydrogens (tertiary/aromatic N) is 2. The second-order valence-corrected chi connectivity index (χ2v) is 6.17. The van der Waals surface area contributed by atoms with Gasteiger partial charge in [-0.25, -0.2) is 14.4 Å². The molecule has 0 atom stereocenters. The van der Waals surface area contributed by atoms with E-state index in [1.54, 1.807) is 31.2 Å². The van der Waals surface area contributed by atoms with Crippen LogP contribution in [0.15, 0.2) is 48.5 Å². The molecule has 0 fully saturated rings. The van der Waals surface area contributed by atoms with Gasteiger partial charge in [0.2, 0.25) is 5.95 Å². The van der Waals surface area contributed by atoms with Crippen LogP contribution in [0.3, 0.4) is 0 Å². The van der Waals surface area contributed by atoms with E-state index in [4.69, 9.17) is 11.6 Å². The number of hydrogen-bond donors (Lipinski definition) is 2. The molecule has 3 aromatic rings. The van der Waals surface area contributed by atoms with Crippen molar-refractivity contribution < 1.29 is 9.18 Å². The van der Waals surface area contributed by atoms with Gasteiger partial charge in [-0.1, -0.05) is 29.8 Å². The van der Waals surface area contributed by atoms with Crippen molar-refractivity contribution in [1.82, 2.24) is 9.97 Å². The molecule has 132 valence electrons. The van der Waals surface area contributed by atoms with Crippen molar-refractivity contribution in [3.05, 3.63) is 76.3 Å². The summed E-state index contributed by atoms with van der Waals surface area (Å²) in [4.78, 5) is 20.9. The second kappa shape index (κ2) is 7.49. The molecule has 7 heteroatoms. The maximum absolute atomic E-state index is 13.7. The van der Waals surface area contributed by atoms with E-state index in [9.17, 15) is 9.18 Å². The predicted octanol–water partition coefficient (Wildman–Crippen LogP) is 4.88. The Bertz CT molecular complexity index is 978. The molecule has 2 N–H and O–H groups in total. The van der Waals surface area contributed by atoms with Crippen LogP contribution in [0, 0.1) is 19.7 Å². The average Bonchev–Trinajstić information content (AvgIpc) is 2.59. The molecule has 0 unspecified atom stereocenters. The number of aryl methyl sites for hydroxylation is 2. The molecule has 2 aromatic carbocycles. The highest BCUT2D eigenvalue weighted by Crippen LogP contribution is 2.23. The smallest absolute Gasteiger partial charge is 0.274 e. The number of nitrogens with one attached hydrogen (secondary N) is 2. The van der Waals surface area contributed by atoms with Gasteiger partial charge in [0.25, 0.3) is 5.91 Å². The molecule has 0 saturated heterocycles. The van der Waals surface area contributed by atoms with E-state index in [0.29, 0.717) is 10.7 Å². The number of carbonyl (C=O) groups is 1. The first kappa shape index (κ1) is 17.8. The number of halogens is 2. The highest BCUT2D eigenvalue weighted by Gasteiger charge is 2.13. The topological polar surface area (TPSA) is 66.9 Å². The van der Waals surface area contributed by atoms with Crippen molar-refractivity contribution >= 4 is 34.8 Å². The van der Waals surface area contributed by atoms with Crippen LogP contribution >= 0.6 is 11.6 Å². The van der Waals surface area contributed by atoms with Gasteiger partial charge in [0.1, 0.15) is 11.5 Å². The molecule has 1 amide bonds. The first-order valence-corrected chi connectivity index (χ1v) is 8.25. The standard InChI is InChI=1S/C19H16ClFN4O/c1-11-7-8-13(20)10-16(11)24-19-22-12(2)9-17(25-19)18(26)23-15-6-4-3-5-14(15)21/h3-10H,1-2H3,(H,23,26)(H,22,24,25). The molecule has 0 aliphatic carbocycles. The number of amides is 1. The maximum Gasteiger partial charge on any atom is 0.274 e. The van der Waals surface area contributed by atoms with Crippen molar-refractivity contribution in [2.24, 2.45) is 0 Å². The molecular weight excluding hydrogens is 355 g/mol. The first-order valence-electron chi connectivity index (χ1n) is 7.87.